The summed E-state index contributed by atoms with van der Waals surface area (Å²) >= 11 is 0. The smallest absolute Gasteiger partial charge is 0.356 e. The van der Waals surface area contributed by atoms with Gasteiger partial charge >= 0.3 is 6.18 Å². The molecule has 2 N–H and O–H groups in total. The van der Waals surface area contributed by atoms with E-state index in [9.17, 15) is 13.2 Å². The number of H-pyrrole nitrogens is 2. The van der Waals surface area contributed by atoms with Gasteiger partial charge in [-0.3, -0.25) is 5.10 Å². The van der Waals surface area contributed by atoms with Gasteiger partial charge in [0.15, 0.2) is 5.65 Å². The zero-order valence-corrected chi connectivity index (χ0v) is 17.0. The first-order chi connectivity index (χ1) is 14.5. The van der Waals surface area contributed by atoms with Crippen LogP contribution < -0.4 is 4.90 Å². The lowest BCUT2D eigenvalue weighted by Crippen LogP contribution is -2.33. The number of fused-ring (bicyclic) bond motifs is 1. The van der Waals surface area contributed by atoms with Gasteiger partial charge in [-0.05, 0) is 25.0 Å². The van der Waals surface area contributed by atoms with Crippen molar-refractivity contribution >= 4 is 29.3 Å². The summed E-state index contributed by atoms with van der Waals surface area (Å²) in [6, 6.07) is 5.08. The van der Waals surface area contributed by atoms with Gasteiger partial charge in [-0.2, -0.15) is 18.3 Å². The minimum Gasteiger partial charge on any atom is -0.356 e. The van der Waals surface area contributed by atoms with E-state index in [1.54, 1.807) is 12.4 Å². The molecule has 4 heterocycles. The predicted molar refractivity (Wildman–Crippen MR) is 112 cm³/mol. The van der Waals surface area contributed by atoms with E-state index >= 15 is 0 Å². The lowest BCUT2D eigenvalue weighted by atomic mass is 9.96. The first kappa shape index (κ1) is 21.1. The van der Waals surface area contributed by atoms with Crippen LogP contribution in [0.25, 0.3) is 22.3 Å². The molecule has 31 heavy (non-hydrogen) atoms. The van der Waals surface area contributed by atoms with E-state index in [4.69, 9.17) is 0 Å². The van der Waals surface area contributed by atoms with Crippen LogP contribution in [-0.4, -0.2) is 43.2 Å². The molecular formula is C20H19ClF3N7. The molecule has 4 aromatic rings. The number of halogens is 4. The molecule has 11 heteroatoms. The zero-order valence-electron chi connectivity index (χ0n) is 16.2. The summed E-state index contributed by atoms with van der Waals surface area (Å²) in [6.07, 6.45) is 2.47. The zero-order chi connectivity index (χ0) is 20.7. The molecule has 0 unspecified atom stereocenters. The van der Waals surface area contributed by atoms with Gasteiger partial charge in [0.25, 0.3) is 0 Å². The molecular weight excluding hydrogens is 431 g/mol. The Kier molecular flexibility index (Phi) is 5.57. The monoisotopic (exact) mass is 449 g/mol. The maximum Gasteiger partial charge on any atom is 0.416 e. The third-order valence-corrected chi connectivity index (χ3v) is 5.51. The van der Waals surface area contributed by atoms with Gasteiger partial charge < -0.3 is 9.88 Å². The summed E-state index contributed by atoms with van der Waals surface area (Å²) in [5.41, 5.74) is 1.36. The van der Waals surface area contributed by atoms with E-state index in [-0.39, 0.29) is 18.3 Å². The number of hydrogen-bond donors (Lipinski definition) is 2. The number of hydrogen-bond acceptors (Lipinski definition) is 5. The van der Waals surface area contributed by atoms with Gasteiger partial charge in [-0.25, -0.2) is 15.0 Å². The van der Waals surface area contributed by atoms with Crippen LogP contribution in [0.4, 0.5) is 19.0 Å². The number of nitrogens with zero attached hydrogens (tertiary/aromatic N) is 5. The Morgan fingerprint density at radius 3 is 2.48 bits per heavy atom. The molecule has 1 aromatic carbocycles. The first-order valence-electron chi connectivity index (χ1n) is 9.61. The molecule has 162 valence electrons. The number of piperidine rings is 1. The standard InChI is InChI=1S/C20H18F3N7.ClH/c21-20(22,23)14-3-1-12(2-4-14)16-10-24-17(28-16)13-5-7-30(8-6-13)19-15-9-27-29-18(15)25-11-26-19;/h1-4,9-11,13H,5-8H2,(H,24,28)(H,25,26,27,29);1H. The van der Waals surface area contributed by atoms with Crippen LogP contribution in [0.1, 0.15) is 30.1 Å². The predicted octanol–water partition coefficient (Wildman–Crippen LogP) is 4.57. The largest absolute Gasteiger partial charge is 0.416 e. The summed E-state index contributed by atoms with van der Waals surface area (Å²) in [7, 11) is 0. The molecule has 1 aliphatic rings. The van der Waals surface area contributed by atoms with Crippen molar-refractivity contribution in [3.05, 3.63) is 54.4 Å². The molecule has 3 aromatic heterocycles. The second-order valence-electron chi connectivity index (χ2n) is 7.34. The molecule has 0 atom stereocenters. The number of nitrogens with one attached hydrogen (secondary N) is 2. The average Bonchev–Trinajstić information content (AvgIpc) is 3.43. The first-order valence-corrected chi connectivity index (χ1v) is 9.61. The van der Waals surface area contributed by atoms with E-state index in [0.717, 1.165) is 55.1 Å². The molecule has 1 aliphatic heterocycles. The third-order valence-electron chi connectivity index (χ3n) is 5.51. The highest BCUT2D eigenvalue weighted by Crippen LogP contribution is 2.33. The molecule has 0 aliphatic carbocycles. The highest BCUT2D eigenvalue weighted by Gasteiger charge is 2.30. The molecule has 5 rings (SSSR count). The van der Waals surface area contributed by atoms with E-state index in [1.165, 1.54) is 18.5 Å². The van der Waals surface area contributed by atoms with Crippen molar-refractivity contribution < 1.29 is 13.2 Å². The Morgan fingerprint density at radius 1 is 1.03 bits per heavy atom. The van der Waals surface area contributed by atoms with Crippen molar-refractivity contribution in [3.63, 3.8) is 0 Å². The van der Waals surface area contributed by atoms with Crippen LogP contribution in [0.15, 0.2) is 43.0 Å². The minimum atomic E-state index is -4.34. The fraction of sp³-hybridized carbons (Fsp3) is 0.300. The van der Waals surface area contributed by atoms with Crippen LogP contribution >= 0.6 is 12.4 Å². The lowest BCUT2D eigenvalue weighted by Gasteiger charge is -2.32. The Morgan fingerprint density at radius 2 is 1.77 bits per heavy atom. The van der Waals surface area contributed by atoms with Crippen molar-refractivity contribution in [2.45, 2.75) is 24.9 Å². The van der Waals surface area contributed by atoms with Crippen molar-refractivity contribution in [1.82, 2.24) is 30.1 Å². The molecule has 1 saturated heterocycles. The number of rotatable bonds is 3. The molecule has 1 fully saturated rings. The van der Waals surface area contributed by atoms with Crippen molar-refractivity contribution in [2.24, 2.45) is 0 Å². The molecule has 0 amide bonds. The topological polar surface area (TPSA) is 86.4 Å². The average molecular weight is 450 g/mol. The number of anilines is 1. The Hall–Kier alpha value is -3.14. The van der Waals surface area contributed by atoms with Gasteiger partial charge in [-0.15, -0.1) is 12.4 Å². The lowest BCUT2D eigenvalue weighted by molar-refractivity contribution is -0.137. The highest BCUT2D eigenvalue weighted by atomic mass is 35.5. The van der Waals surface area contributed by atoms with Crippen molar-refractivity contribution in [1.29, 1.82) is 0 Å². The van der Waals surface area contributed by atoms with Crippen LogP contribution in [-0.2, 0) is 6.18 Å². The molecule has 7 nitrogen and oxygen atoms in total. The van der Waals surface area contributed by atoms with Gasteiger partial charge in [0, 0.05) is 30.8 Å². The quantitative estimate of drug-likeness (QED) is 0.478. The molecule has 0 bridgehead atoms. The summed E-state index contributed by atoms with van der Waals surface area (Å²) in [5, 5.41) is 7.80. The van der Waals surface area contributed by atoms with Crippen molar-refractivity contribution in [3.8, 4) is 11.3 Å². The molecule has 0 spiro atoms. The van der Waals surface area contributed by atoms with E-state index < -0.39 is 11.7 Å². The minimum absolute atomic E-state index is 0. The van der Waals surface area contributed by atoms with E-state index in [0.29, 0.717) is 16.9 Å². The van der Waals surface area contributed by atoms with E-state index in [2.05, 4.69) is 35.0 Å². The van der Waals surface area contributed by atoms with Crippen LogP contribution in [0.3, 0.4) is 0 Å². The number of alkyl halides is 3. The number of aromatic amines is 2. The van der Waals surface area contributed by atoms with Gasteiger partial charge in [-0.1, -0.05) is 12.1 Å². The summed E-state index contributed by atoms with van der Waals surface area (Å²) in [5.74, 6) is 1.99. The second kappa shape index (κ2) is 8.18. The molecule has 0 saturated carbocycles. The number of benzene rings is 1. The fourth-order valence-corrected chi connectivity index (χ4v) is 3.89. The van der Waals surface area contributed by atoms with Gasteiger partial charge in [0.1, 0.15) is 18.0 Å². The summed E-state index contributed by atoms with van der Waals surface area (Å²) in [4.78, 5) is 18.7. The van der Waals surface area contributed by atoms with Crippen LogP contribution in [0.5, 0.6) is 0 Å². The maximum absolute atomic E-state index is 12.8. The van der Waals surface area contributed by atoms with E-state index in [1.807, 2.05) is 0 Å². The second-order valence-corrected chi connectivity index (χ2v) is 7.34. The van der Waals surface area contributed by atoms with Crippen LogP contribution in [0.2, 0.25) is 0 Å². The third kappa shape index (κ3) is 4.07. The van der Waals surface area contributed by atoms with Crippen molar-refractivity contribution in [2.75, 3.05) is 18.0 Å². The van der Waals surface area contributed by atoms with Crippen LogP contribution in [0, 0.1) is 0 Å². The maximum atomic E-state index is 12.8. The normalized spacial score (nSPS) is 15.3. The Balaban J connectivity index is 0.00000231. The van der Waals surface area contributed by atoms with Gasteiger partial charge in [0.05, 0.1) is 22.8 Å². The molecule has 0 radical (unpaired) electrons. The SMILES string of the molecule is Cl.FC(F)(F)c1ccc(-c2c[nH]c(C3CCN(c4ncnc5[nH]ncc45)CC3)n2)cc1. The summed E-state index contributed by atoms with van der Waals surface area (Å²) < 4.78 is 38.3. The fourth-order valence-electron chi connectivity index (χ4n) is 3.89. The summed E-state index contributed by atoms with van der Waals surface area (Å²) in [6.45, 7) is 1.64. The van der Waals surface area contributed by atoms with Gasteiger partial charge in [0.2, 0.25) is 0 Å². The Labute approximate surface area is 181 Å². The Bertz CT molecular complexity index is 1160. The number of aromatic nitrogens is 6. The number of imidazole rings is 1. The highest BCUT2D eigenvalue weighted by molar-refractivity contribution is 5.86.